The number of esters is 1. The molecule has 0 bridgehead atoms. The molecule has 0 heterocycles. The quantitative estimate of drug-likeness (QED) is 0.764. The minimum absolute atomic E-state index is 0.0606. The molecule has 2 aromatic carbocycles. The maximum atomic E-state index is 12.1. The number of hydrogen-bond acceptors (Lipinski definition) is 5. The van der Waals surface area contributed by atoms with E-state index in [0.717, 1.165) is 0 Å². The van der Waals surface area contributed by atoms with Crippen molar-refractivity contribution >= 4 is 23.3 Å². The number of para-hydroxylation sites is 2. The molecular weight excluding hydrogens is 308 g/mol. The highest BCUT2D eigenvalue weighted by atomic mass is 16.5. The fourth-order valence-corrected chi connectivity index (χ4v) is 2.10. The van der Waals surface area contributed by atoms with Crippen LogP contribution in [0.2, 0.25) is 0 Å². The van der Waals surface area contributed by atoms with Gasteiger partial charge >= 0.3 is 5.97 Å². The number of methoxy groups -OCH3 is 1. The number of benzene rings is 2. The van der Waals surface area contributed by atoms with Gasteiger partial charge in [0.1, 0.15) is 5.75 Å². The topological polar surface area (TPSA) is 76.7 Å². The Labute approximate surface area is 140 Å². The van der Waals surface area contributed by atoms with Crippen molar-refractivity contribution in [3.63, 3.8) is 0 Å². The molecule has 2 N–H and O–H groups in total. The molecule has 0 atom stereocenters. The van der Waals surface area contributed by atoms with Crippen LogP contribution < -0.4 is 15.4 Å². The minimum Gasteiger partial charge on any atom is -0.492 e. The van der Waals surface area contributed by atoms with Crippen molar-refractivity contribution in [2.24, 2.45) is 0 Å². The maximum Gasteiger partial charge on any atom is 0.337 e. The molecule has 0 radical (unpaired) electrons. The smallest absolute Gasteiger partial charge is 0.337 e. The van der Waals surface area contributed by atoms with E-state index >= 15 is 0 Å². The lowest BCUT2D eigenvalue weighted by atomic mass is 10.2. The van der Waals surface area contributed by atoms with Gasteiger partial charge in [-0.15, -0.1) is 0 Å². The van der Waals surface area contributed by atoms with Crippen molar-refractivity contribution in [2.75, 3.05) is 30.9 Å². The summed E-state index contributed by atoms with van der Waals surface area (Å²) >= 11 is 0. The summed E-state index contributed by atoms with van der Waals surface area (Å²) in [6, 6.07) is 14.0. The molecule has 2 rings (SSSR count). The van der Waals surface area contributed by atoms with Crippen molar-refractivity contribution in [3.8, 4) is 5.75 Å². The summed E-state index contributed by atoms with van der Waals surface area (Å²) in [5.41, 5.74) is 1.70. The summed E-state index contributed by atoms with van der Waals surface area (Å²) in [4.78, 5) is 23.6. The Morgan fingerprint density at radius 3 is 2.62 bits per heavy atom. The molecule has 0 aliphatic heterocycles. The van der Waals surface area contributed by atoms with Gasteiger partial charge in [-0.1, -0.05) is 18.2 Å². The lowest BCUT2D eigenvalue weighted by Gasteiger charge is -2.12. The number of ether oxygens (including phenoxy) is 2. The zero-order chi connectivity index (χ0) is 17.4. The summed E-state index contributed by atoms with van der Waals surface area (Å²) in [5, 5.41) is 5.77. The van der Waals surface area contributed by atoms with Crippen LogP contribution in [0.1, 0.15) is 17.3 Å². The Balaban J connectivity index is 1.95. The highest BCUT2D eigenvalue weighted by Crippen LogP contribution is 2.23. The summed E-state index contributed by atoms with van der Waals surface area (Å²) in [5.74, 6) is -0.0135. The Morgan fingerprint density at radius 1 is 1.08 bits per heavy atom. The standard InChI is InChI=1S/C18H20N2O4/c1-3-24-16-10-5-4-9-15(16)20-17(21)12-19-14-8-6-7-13(11-14)18(22)23-2/h4-11,19H,3,12H2,1-2H3,(H,20,21). The normalized spacial score (nSPS) is 9.92. The molecule has 1 amide bonds. The third-order valence-corrected chi connectivity index (χ3v) is 3.20. The highest BCUT2D eigenvalue weighted by molar-refractivity contribution is 5.95. The lowest BCUT2D eigenvalue weighted by molar-refractivity contribution is -0.114. The molecule has 0 aliphatic carbocycles. The van der Waals surface area contributed by atoms with Crippen LogP contribution in [0.5, 0.6) is 5.75 Å². The van der Waals surface area contributed by atoms with E-state index in [1.54, 1.807) is 36.4 Å². The summed E-state index contributed by atoms with van der Waals surface area (Å²) in [6.45, 7) is 2.46. The monoisotopic (exact) mass is 328 g/mol. The number of carbonyl (C=O) groups excluding carboxylic acids is 2. The molecule has 0 spiro atoms. The van der Waals surface area contributed by atoms with Crippen LogP contribution in [0.25, 0.3) is 0 Å². The molecule has 0 unspecified atom stereocenters. The first-order chi connectivity index (χ1) is 11.6. The van der Waals surface area contributed by atoms with E-state index < -0.39 is 5.97 Å². The van der Waals surface area contributed by atoms with Gasteiger partial charge in [-0.05, 0) is 37.3 Å². The van der Waals surface area contributed by atoms with Gasteiger partial charge in [0, 0.05) is 5.69 Å². The van der Waals surface area contributed by atoms with Crippen molar-refractivity contribution in [2.45, 2.75) is 6.92 Å². The van der Waals surface area contributed by atoms with Crippen molar-refractivity contribution in [1.29, 1.82) is 0 Å². The fraction of sp³-hybridized carbons (Fsp3) is 0.222. The van der Waals surface area contributed by atoms with Gasteiger partial charge in [-0.2, -0.15) is 0 Å². The second-order valence-electron chi connectivity index (χ2n) is 4.90. The SMILES string of the molecule is CCOc1ccccc1NC(=O)CNc1cccc(C(=O)OC)c1. The molecule has 6 heteroatoms. The molecule has 0 aromatic heterocycles. The molecule has 0 aliphatic rings. The molecular formula is C18H20N2O4. The molecule has 2 aromatic rings. The lowest BCUT2D eigenvalue weighted by Crippen LogP contribution is -2.22. The van der Waals surface area contributed by atoms with E-state index in [1.165, 1.54) is 7.11 Å². The van der Waals surface area contributed by atoms with Gasteiger partial charge in [0.2, 0.25) is 5.91 Å². The third-order valence-electron chi connectivity index (χ3n) is 3.20. The molecule has 0 saturated carbocycles. The number of nitrogens with one attached hydrogen (secondary N) is 2. The first-order valence-electron chi connectivity index (χ1n) is 7.58. The number of rotatable bonds is 7. The molecule has 0 fully saturated rings. The van der Waals surface area contributed by atoms with Crippen LogP contribution in [-0.2, 0) is 9.53 Å². The van der Waals surface area contributed by atoms with Gasteiger partial charge in [0.25, 0.3) is 0 Å². The van der Waals surface area contributed by atoms with E-state index in [2.05, 4.69) is 15.4 Å². The molecule has 126 valence electrons. The van der Waals surface area contributed by atoms with E-state index in [0.29, 0.717) is 29.3 Å². The third kappa shape index (κ3) is 4.74. The van der Waals surface area contributed by atoms with Crippen LogP contribution in [0.3, 0.4) is 0 Å². The first-order valence-corrected chi connectivity index (χ1v) is 7.58. The van der Waals surface area contributed by atoms with Gasteiger partial charge < -0.3 is 20.1 Å². The predicted molar refractivity (Wildman–Crippen MR) is 92.5 cm³/mol. The fourth-order valence-electron chi connectivity index (χ4n) is 2.10. The zero-order valence-corrected chi connectivity index (χ0v) is 13.7. The van der Waals surface area contributed by atoms with Crippen LogP contribution in [0.4, 0.5) is 11.4 Å². The second-order valence-corrected chi connectivity index (χ2v) is 4.90. The van der Waals surface area contributed by atoms with Crippen molar-refractivity contribution < 1.29 is 19.1 Å². The highest BCUT2D eigenvalue weighted by Gasteiger charge is 2.09. The largest absolute Gasteiger partial charge is 0.492 e. The Kier molecular flexibility index (Phi) is 6.19. The summed E-state index contributed by atoms with van der Waals surface area (Å²) in [7, 11) is 1.33. The van der Waals surface area contributed by atoms with Crippen LogP contribution >= 0.6 is 0 Å². The van der Waals surface area contributed by atoms with E-state index in [4.69, 9.17) is 4.74 Å². The summed E-state index contributed by atoms with van der Waals surface area (Å²) < 4.78 is 10.1. The number of carbonyl (C=O) groups is 2. The number of anilines is 2. The average molecular weight is 328 g/mol. The molecule has 0 saturated heterocycles. The van der Waals surface area contributed by atoms with Gasteiger partial charge in [-0.3, -0.25) is 4.79 Å². The van der Waals surface area contributed by atoms with E-state index in [-0.39, 0.29) is 12.5 Å². The molecule has 24 heavy (non-hydrogen) atoms. The van der Waals surface area contributed by atoms with E-state index in [1.807, 2.05) is 19.1 Å². The Morgan fingerprint density at radius 2 is 1.88 bits per heavy atom. The predicted octanol–water partition coefficient (Wildman–Crippen LogP) is 2.92. The minimum atomic E-state index is -0.422. The molecule has 6 nitrogen and oxygen atoms in total. The summed E-state index contributed by atoms with van der Waals surface area (Å²) in [6.07, 6.45) is 0. The van der Waals surface area contributed by atoms with Crippen LogP contribution in [0, 0.1) is 0 Å². The number of hydrogen-bond donors (Lipinski definition) is 2. The number of amides is 1. The van der Waals surface area contributed by atoms with Crippen molar-refractivity contribution in [1.82, 2.24) is 0 Å². The van der Waals surface area contributed by atoms with Gasteiger partial charge in [0.05, 0.1) is 31.5 Å². The first kappa shape index (κ1) is 17.3. The van der Waals surface area contributed by atoms with Gasteiger partial charge in [0.15, 0.2) is 0 Å². The second kappa shape index (κ2) is 8.57. The van der Waals surface area contributed by atoms with Gasteiger partial charge in [-0.25, -0.2) is 4.79 Å². The maximum absolute atomic E-state index is 12.1. The van der Waals surface area contributed by atoms with Crippen LogP contribution in [0.15, 0.2) is 48.5 Å². The Bertz CT molecular complexity index is 716. The van der Waals surface area contributed by atoms with E-state index in [9.17, 15) is 9.59 Å². The average Bonchev–Trinajstić information content (AvgIpc) is 2.61. The van der Waals surface area contributed by atoms with Crippen molar-refractivity contribution in [3.05, 3.63) is 54.1 Å². The Hall–Kier alpha value is -3.02. The zero-order valence-electron chi connectivity index (χ0n) is 13.7. The van der Waals surface area contributed by atoms with Crippen LogP contribution in [-0.4, -0.2) is 32.1 Å².